The van der Waals surface area contributed by atoms with E-state index in [1.165, 1.54) is 4.90 Å². The smallest absolute Gasteiger partial charge is 0.301 e. The number of nitrogens with zero attached hydrogens (tertiary/aromatic N) is 2. The Bertz CT molecular complexity index is 1200. The number of halogens is 1. The lowest BCUT2D eigenvalue weighted by Gasteiger charge is -2.23. The third-order valence-corrected chi connectivity index (χ3v) is 5.31. The third kappa shape index (κ3) is 3.99. The number of aliphatic hydroxyl groups is 1. The van der Waals surface area contributed by atoms with Gasteiger partial charge in [-0.25, -0.2) is 0 Å². The summed E-state index contributed by atoms with van der Waals surface area (Å²) < 4.78 is 10.7. The second-order valence-electron chi connectivity index (χ2n) is 7.39. The van der Waals surface area contributed by atoms with Crippen molar-refractivity contribution in [2.45, 2.75) is 26.3 Å². The zero-order valence-corrected chi connectivity index (χ0v) is 18.3. The minimum absolute atomic E-state index is 0.0554. The van der Waals surface area contributed by atoms with Crippen molar-refractivity contribution in [2.75, 3.05) is 11.5 Å². The lowest BCUT2D eigenvalue weighted by Crippen LogP contribution is -2.29. The maximum atomic E-state index is 13.1. The molecule has 1 aliphatic rings. The Hall–Kier alpha value is -3.58. The first-order valence-corrected chi connectivity index (χ1v) is 10.5. The number of ketones is 1. The van der Waals surface area contributed by atoms with E-state index in [2.05, 4.69) is 5.16 Å². The zero-order valence-electron chi connectivity index (χ0n) is 17.5. The topological polar surface area (TPSA) is 92.9 Å². The van der Waals surface area contributed by atoms with Crippen molar-refractivity contribution >= 4 is 34.9 Å². The largest absolute Gasteiger partial charge is 0.507 e. The molecule has 1 aromatic heterocycles. The highest BCUT2D eigenvalue weighted by atomic mass is 35.5. The summed E-state index contributed by atoms with van der Waals surface area (Å²) in [5.41, 5.74) is 0.886. The molecule has 2 aromatic carbocycles. The number of Topliss-reactive ketones (excluding diaryl/α,β-unsaturated/α-hetero) is 1. The lowest BCUT2D eigenvalue weighted by atomic mass is 9.95. The second kappa shape index (κ2) is 8.88. The van der Waals surface area contributed by atoms with Gasteiger partial charge in [-0.2, -0.15) is 0 Å². The highest BCUT2D eigenvalue weighted by Gasteiger charge is 2.48. The van der Waals surface area contributed by atoms with Crippen LogP contribution in [0.25, 0.3) is 5.76 Å². The molecule has 1 N–H and O–H groups in total. The third-order valence-electron chi connectivity index (χ3n) is 5.07. The Morgan fingerprint density at radius 1 is 1.19 bits per heavy atom. The molecular weight excluding hydrogens is 432 g/mol. The number of aryl methyl sites for hydroxylation is 1. The molecular formula is C24H21ClN2O5. The SMILES string of the molecule is CCCOc1ccc(/C(O)=C2\C(=O)C(=O)N(c3cc(C)on3)[C@@H]2c2cccc(Cl)c2)cc1. The summed E-state index contributed by atoms with van der Waals surface area (Å²) in [6, 6.07) is 14.1. The molecule has 1 atom stereocenters. The summed E-state index contributed by atoms with van der Waals surface area (Å²) in [6.45, 7) is 4.26. The van der Waals surface area contributed by atoms with Crippen molar-refractivity contribution < 1.29 is 24.0 Å². The maximum absolute atomic E-state index is 13.1. The average Bonchev–Trinajstić information content (AvgIpc) is 3.33. The second-order valence-corrected chi connectivity index (χ2v) is 7.83. The Kier molecular flexibility index (Phi) is 6.01. The standard InChI is InChI=1S/C24H21ClN2O5/c1-3-11-31-18-9-7-15(8-10-18)22(28)20-21(16-5-4-6-17(25)13-16)27(24(30)23(20)29)19-12-14(2)32-26-19/h4-10,12-13,21,28H,3,11H2,1-2H3/b22-20+/t21-/m1/s1. The predicted octanol–water partition coefficient (Wildman–Crippen LogP) is 5.05. The van der Waals surface area contributed by atoms with E-state index in [1.54, 1.807) is 61.5 Å². The number of benzene rings is 2. The molecule has 3 aromatic rings. The van der Waals surface area contributed by atoms with E-state index in [9.17, 15) is 14.7 Å². The summed E-state index contributed by atoms with van der Waals surface area (Å²) in [4.78, 5) is 27.3. The number of anilines is 1. The molecule has 7 nitrogen and oxygen atoms in total. The summed E-state index contributed by atoms with van der Waals surface area (Å²) in [5.74, 6) is -0.620. The van der Waals surface area contributed by atoms with Gasteiger partial charge >= 0.3 is 5.91 Å². The first-order valence-electron chi connectivity index (χ1n) is 10.1. The number of aliphatic hydroxyl groups excluding tert-OH is 1. The highest BCUT2D eigenvalue weighted by Crippen LogP contribution is 2.42. The van der Waals surface area contributed by atoms with E-state index < -0.39 is 17.7 Å². The Labute approximate surface area is 189 Å². The minimum Gasteiger partial charge on any atom is -0.507 e. The Balaban J connectivity index is 1.84. The minimum atomic E-state index is -0.922. The number of carbonyl (C=O) groups is 2. The summed E-state index contributed by atoms with van der Waals surface area (Å²) in [7, 11) is 0. The van der Waals surface area contributed by atoms with Gasteiger partial charge in [-0.15, -0.1) is 0 Å². The van der Waals surface area contributed by atoms with Crippen LogP contribution in [0.5, 0.6) is 5.75 Å². The van der Waals surface area contributed by atoms with Crippen LogP contribution in [0.3, 0.4) is 0 Å². The molecule has 1 saturated heterocycles. The van der Waals surface area contributed by atoms with Gasteiger partial charge in [0.05, 0.1) is 18.2 Å². The fourth-order valence-corrected chi connectivity index (χ4v) is 3.81. The summed E-state index contributed by atoms with van der Waals surface area (Å²) in [5, 5.41) is 15.5. The molecule has 32 heavy (non-hydrogen) atoms. The van der Waals surface area contributed by atoms with E-state index in [0.29, 0.717) is 34.3 Å². The molecule has 1 aliphatic heterocycles. The molecule has 0 spiro atoms. The fourth-order valence-electron chi connectivity index (χ4n) is 3.61. The van der Waals surface area contributed by atoms with Crippen molar-refractivity contribution in [3.63, 3.8) is 0 Å². The van der Waals surface area contributed by atoms with Crippen LogP contribution >= 0.6 is 11.6 Å². The van der Waals surface area contributed by atoms with E-state index in [0.717, 1.165) is 6.42 Å². The van der Waals surface area contributed by atoms with Crippen LogP contribution in [0.15, 0.2) is 64.7 Å². The van der Waals surface area contributed by atoms with Crippen molar-refractivity contribution in [3.8, 4) is 5.75 Å². The molecule has 164 valence electrons. The summed E-state index contributed by atoms with van der Waals surface area (Å²) >= 11 is 6.18. The van der Waals surface area contributed by atoms with Crippen LogP contribution in [0, 0.1) is 6.92 Å². The number of aromatic nitrogens is 1. The number of rotatable bonds is 6. The van der Waals surface area contributed by atoms with Crippen molar-refractivity contribution in [2.24, 2.45) is 0 Å². The number of ether oxygens (including phenoxy) is 1. The van der Waals surface area contributed by atoms with Crippen LogP contribution in [0.1, 0.15) is 36.3 Å². The average molecular weight is 453 g/mol. The van der Waals surface area contributed by atoms with Crippen molar-refractivity contribution in [1.29, 1.82) is 0 Å². The molecule has 8 heteroatoms. The van der Waals surface area contributed by atoms with Crippen LogP contribution < -0.4 is 9.64 Å². The number of hydrogen-bond acceptors (Lipinski definition) is 6. The van der Waals surface area contributed by atoms with E-state index >= 15 is 0 Å². The van der Waals surface area contributed by atoms with Gasteiger partial charge in [0.1, 0.15) is 17.3 Å². The van der Waals surface area contributed by atoms with Gasteiger partial charge < -0.3 is 14.4 Å². The van der Waals surface area contributed by atoms with Gasteiger partial charge in [0.15, 0.2) is 5.82 Å². The predicted molar refractivity (Wildman–Crippen MR) is 120 cm³/mol. The fraction of sp³-hybridized carbons (Fsp3) is 0.208. The van der Waals surface area contributed by atoms with Gasteiger partial charge in [0, 0.05) is 16.7 Å². The van der Waals surface area contributed by atoms with Crippen LogP contribution in [0.2, 0.25) is 5.02 Å². The molecule has 0 radical (unpaired) electrons. The van der Waals surface area contributed by atoms with Gasteiger partial charge in [-0.05, 0) is 55.3 Å². The number of carbonyl (C=O) groups excluding carboxylic acids is 2. The first-order chi connectivity index (χ1) is 15.4. The number of amides is 1. The van der Waals surface area contributed by atoms with Crippen molar-refractivity contribution in [3.05, 3.63) is 82.1 Å². The van der Waals surface area contributed by atoms with Gasteiger partial charge in [-0.1, -0.05) is 35.8 Å². The zero-order chi connectivity index (χ0) is 22.8. The highest BCUT2D eigenvalue weighted by molar-refractivity contribution is 6.51. The molecule has 0 bridgehead atoms. The molecule has 0 saturated carbocycles. The first kappa shape index (κ1) is 21.6. The van der Waals surface area contributed by atoms with E-state index in [-0.39, 0.29) is 17.2 Å². The van der Waals surface area contributed by atoms with Gasteiger partial charge in [0.2, 0.25) is 0 Å². The normalized spacial score (nSPS) is 17.7. The van der Waals surface area contributed by atoms with E-state index in [1.807, 2.05) is 6.92 Å². The van der Waals surface area contributed by atoms with Crippen LogP contribution in [-0.2, 0) is 9.59 Å². The van der Waals surface area contributed by atoms with Crippen LogP contribution in [0.4, 0.5) is 5.82 Å². The van der Waals surface area contributed by atoms with Gasteiger partial charge in [-0.3, -0.25) is 14.5 Å². The number of hydrogen-bond donors (Lipinski definition) is 1. The van der Waals surface area contributed by atoms with Crippen LogP contribution in [-0.4, -0.2) is 28.6 Å². The molecule has 0 unspecified atom stereocenters. The quantitative estimate of drug-likeness (QED) is 0.319. The van der Waals surface area contributed by atoms with Crippen molar-refractivity contribution in [1.82, 2.24) is 5.16 Å². The monoisotopic (exact) mass is 452 g/mol. The maximum Gasteiger partial charge on any atom is 0.301 e. The molecule has 1 fully saturated rings. The Morgan fingerprint density at radius 3 is 2.56 bits per heavy atom. The molecule has 4 rings (SSSR count). The molecule has 0 aliphatic carbocycles. The lowest BCUT2D eigenvalue weighted by molar-refractivity contribution is -0.132. The Morgan fingerprint density at radius 2 is 1.94 bits per heavy atom. The van der Waals surface area contributed by atoms with Gasteiger partial charge in [0.25, 0.3) is 5.78 Å². The molecule has 2 heterocycles. The van der Waals surface area contributed by atoms with E-state index in [4.69, 9.17) is 20.9 Å². The molecule has 1 amide bonds. The summed E-state index contributed by atoms with van der Waals surface area (Å²) in [6.07, 6.45) is 0.867.